The molecule has 4 nitrogen and oxygen atoms in total. The van der Waals surface area contributed by atoms with E-state index in [9.17, 15) is 9.59 Å². The van der Waals surface area contributed by atoms with Gasteiger partial charge in [0.2, 0.25) is 6.29 Å². The molecule has 0 fully saturated rings. The molecule has 0 heterocycles. The van der Waals surface area contributed by atoms with Gasteiger partial charge < -0.3 is 10.1 Å². The predicted octanol–water partition coefficient (Wildman–Crippen LogP) is 1.53. The molecule has 0 bridgehead atoms. The maximum atomic E-state index is 10.8. The highest BCUT2D eigenvalue weighted by Crippen LogP contribution is 2.21. The average Bonchev–Trinajstić information content (AvgIpc) is 2.22. The highest BCUT2D eigenvalue weighted by Gasteiger charge is 2.03. The monoisotopic (exact) mass is 207 g/mol. The Balaban J connectivity index is 2.81. The van der Waals surface area contributed by atoms with E-state index in [2.05, 4.69) is 5.32 Å². The van der Waals surface area contributed by atoms with Crippen LogP contribution < -0.4 is 10.1 Å². The van der Waals surface area contributed by atoms with Crippen LogP contribution in [0.15, 0.2) is 18.2 Å². The predicted molar refractivity (Wildman–Crippen MR) is 57.0 cm³/mol. The maximum Gasteiger partial charge on any atom is 0.288 e. The van der Waals surface area contributed by atoms with Gasteiger partial charge in [-0.25, -0.2) is 0 Å². The van der Waals surface area contributed by atoms with Gasteiger partial charge in [-0.15, -0.1) is 0 Å². The first kappa shape index (κ1) is 11.2. The zero-order valence-electron chi connectivity index (χ0n) is 8.74. The second kappa shape index (κ2) is 5.14. The van der Waals surface area contributed by atoms with Gasteiger partial charge in [0, 0.05) is 5.69 Å². The minimum absolute atomic E-state index is 0.242. The normalized spacial score (nSPS) is 9.47. The van der Waals surface area contributed by atoms with E-state index in [4.69, 9.17) is 4.74 Å². The molecular weight excluding hydrogens is 194 g/mol. The fourth-order valence-electron chi connectivity index (χ4n) is 1.22. The number of aldehydes is 1. The molecule has 1 amide bonds. The van der Waals surface area contributed by atoms with Gasteiger partial charge in [0.15, 0.2) is 0 Å². The lowest BCUT2D eigenvalue weighted by atomic mass is 10.2. The van der Waals surface area contributed by atoms with Crippen LogP contribution >= 0.6 is 0 Å². The Kier molecular flexibility index (Phi) is 3.85. The maximum absolute atomic E-state index is 10.8. The van der Waals surface area contributed by atoms with Crippen LogP contribution in [-0.2, 0) is 9.59 Å². The molecule has 0 saturated carbocycles. The number of amides is 1. The van der Waals surface area contributed by atoms with E-state index in [0.29, 0.717) is 12.3 Å². The van der Waals surface area contributed by atoms with E-state index in [0.717, 1.165) is 11.3 Å². The summed E-state index contributed by atoms with van der Waals surface area (Å²) in [6, 6.07) is 5.21. The van der Waals surface area contributed by atoms with Gasteiger partial charge in [0.25, 0.3) is 5.91 Å². The summed E-state index contributed by atoms with van der Waals surface area (Å²) in [4.78, 5) is 20.9. The zero-order valence-corrected chi connectivity index (χ0v) is 8.74. The fraction of sp³-hybridized carbons (Fsp3) is 0.273. The largest absolute Gasteiger partial charge is 0.494 e. The Bertz CT molecular complexity index is 374. The molecule has 80 valence electrons. The average molecular weight is 207 g/mol. The lowest BCUT2D eigenvalue weighted by Gasteiger charge is -2.08. The molecule has 0 atom stereocenters. The third-order valence-electron chi connectivity index (χ3n) is 1.85. The number of rotatable bonds is 4. The number of hydrogen-bond acceptors (Lipinski definition) is 3. The summed E-state index contributed by atoms with van der Waals surface area (Å²) in [5.41, 5.74) is 1.51. The van der Waals surface area contributed by atoms with E-state index in [1.807, 2.05) is 13.8 Å². The first-order valence-corrected chi connectivity index (χ1v) is 4.67. The SMILES string of the molecule is CCOc1ccc(NC(=O)C=O)cc1C. The molecule has 0 aliphatic heterocycles. The summed E-state index contributed by atoms with van der Waals surface area (Å²) in [6.07, 6.45) is 0.242. The van der Waals surface area contributed by atoms with E-state index in [1.54, 1.807) is 18.2 Å². The van der Waals surface area contributed by atoms with Crippen LogP contribution in [0, 0.1) is 6.92 Å². The van der Waals surface area contributed by atoms with Crippen molar-refractivity contribution < 1.29 is 14.3 Å². The number of carbonyl (C=O) groups is 2. The van der Waals surface area contributed by atoms with Crippen molar-refractivity contribution in [3.05, 3.63) is 23.8 Å². The lowest BCUT2D eigenvalue weighted by Crippen LogP contribution is -2.12. The number of ether oxygens (including phenoxy) is 1. The van der Waals surface area contributed by atoms with Crippen LogP contribution in [0.1, 0.15) is 12.5 Å². The van der Waals surface area contributed by atoms with Crippen molar-refractivity contribution in [3.8, 4) is 5.75 Å². The van der Waals surface area contributed by atoms with Crippen molar-refractivity contribution in [1.29, 1.82) is 0 Å². The molecule has 1 aromatic rings. The number of nitrogens with one attached hydrogen (secondary N) is 1. The Hall–Kier alpha value is -1.84. The van der Waals surface area contributed by atoms with Crippen molar-refractivity contribution in [2.75, 3.05) is 11.9 Å². The second-order valence-corrected chi connectivity index (χ2v) is 3.02. The molecule has 0 spiro atoms. The number of benzene rings is 1. The van der Waals surface area contributed by atoms with Crippen molar-refractivity contribution >= 4 is 17.9 Å². The van der Waals surface area contributed by atoms with Crippen molar-refractivity contribution in [2.45, 2.75) is 13.8 Å². The van der Waals surface area contributed by atoms with E-state index >= 15 is 0 Å². The smallest absolute Gasteiger partial charge is 0.288 e. The second-order valence-electron chi connectivity index (χ2n) is 3.02. The Morgan fingerprint density at radius 1 is 1.53 bits per heavy atom. The summed E-state index contributed by atoms with van der Waals surface area (Å²) in [5, 5.41) is 2.44. The van der Waals surface area contributed by atoms with E-state index in [1.165, 1.54) is 0 Å². The third kappa shape index (κ3) is 3.09. The van der Waals surface area contributed by atoms with Crippen LogP contribution in [0.5, 0.6) is 5.75 Å². The highest BCUT2D eigenvalue weighted by molar-refractivity contribution is 6.29. The van der Waals surface area contributed by atoms with Crippen molar-refractivity contribution in [3.63, 3.8) is 0 Å². The van der Waals surface area contributed by atoms with Gasteiger partial charge in [-0.05, 0) is 37.6 Å². The molecule has 4 heteroatoms. The van der Waals surface area contributed by atoms with Gasteiger partial charge in [-0.3, -0.25) is 9.59 Å². The number of hydrogen-bond donors (Lipinski definition) is 1. The topological polar surface area (TPSA) is 55.4 Å². The number of anilines is 1. The molecule has 15 heavy (non-hydrogen) atoms. The van der Waals surface area contributed by atoms with Crippen LogP contribution in [0.3, 0.4) is 0 Å². The van der Waals surface area contributed by atoms with Gasteiger partial charge in [-0.1, -0.05) is 0 Å². The van der Waals surface area contributed by atoms with Gasteiger partial charge >= 0.3 is 0 Å². The minimum Gasteiger partial charge on any atom is -0.494 e. The Morgan fingerprint density at radius 3 is 2.80 bits per heavy atom. The van der Waals surface area contributed by atoms with Gasteiger partial charge in [0.05, 0.1) is 6.61 Å². The zero-order chi connectivity index (χ0) is 11.3. The summed E-state index contributed by atoms with van der Waals surface area (Å²) in [6.45, 7) is 4.38. The molecule has 1 rings (SSSR count). The first-order chi connectivity index (χ1) is 7.17. The summed E-state index contributed by atoms with van der Waals surface area (Å²) in [5.74, 6) is 0.125. The van der Waals surface area contributed by atoms with Crippen LogP contribution in [0.2, 0.25) is 0 Å². The lowest BCUT2D eigenvalue weighted by molar-refractivity contribution is -0.127. The number of aryl methyl sites for hydroxylation is 1. The quantitative estimate of drug-likeness (QED) is 0.601. The third-order valence-corrected chi connectivity index (χ3v) is 1.85. The van der Waals surface area contributed by atoms with Gasteiger partial charge in [0.1, 0.15) is 5.75 Å². The van der Waals surface area contributed by atoms with E-state index < -0.39 is 5.91 Å². The summed E-state index contributed by atoms with van der Waals surface area (Å²) >= 11 is 0. The first-order valence-electron chi connectivity index (χ1n) is 4.67. The van der Waals surface area contributed by atoms with Crippen LogP contribution in [0.4, 0.5) is 5.69 Å². The molecule has 0 unspecified atom stereocenters. The standard InChI is InChI=1S/C11H13NO3/c1-3-15-10-5-4-9(6-8(10)2)12-11(14)7-13/h4-7H,3H2,1-2H3,(H,12,14). The summed E-state index contributed by atoms with van der Waals surface area (Å²) < 4.78 is 5.34. The fourth-order valence-corrected chi connectivity index (χ4v) is 1.22. The molecule has 0 aromatic heterocycles. The number of carbonyl (C=O) groups excluding carboxylic acids is 2. The molecule has 1 aromatic carbocycles. The highest BCUT2D eigenvalue weighted by atomic mass is 16.5. The van der Waals surface area contributed by atoms with Crippen LogP contribution in [-0.4, -0.2) is 18.8 Å². The van der Waals surface area contributed by atoms with Crippen LogP contribution in [0.25, 0.3) is 0 Å². The molecule has 0 aliphatic rings. The minimum atomic E-state index is -0.654. The molecule has 0 saturated heterocycles. The molecule has 0 radical (unpaired) electrons. The molecule has 0 aliphatic carbocycles. The molecular formula is C11H13NO3. The Morgan fingerprint density at radius 2 is 2.27 bits per heavy atom. The summed E-state index contributed by atoms with van der Waals surface area (Å²) in [7, 11) is 0. The van der Waals surface area contributed by atoms with E-state index in [-0.39, 0.29) is 6.29 Å². The van der Waals surface area contributed by atoms with Gasteiger partial charge in [-0.2, -0.15) is 0 Å². The Labute approximate surface area is 88.2 Å². The van der Waals surface area contributed by atoms with Crippen molar-refractivity contribution in [1.82, 2.24) is 0 Å². The molecule has 1 N–H and O–H groups in total. The van der Waals surface area contributed by atoms with Crippen molar-refractivity contribution in [2.24, 2.45) is 0 Å².